The molecule has 23 heavy (non-hydrogen) atoms. The minimum Gasteiger partial charge on any atom is -0.457 e. The molecule has 1 heterocycles. The van der Waals surface area contributed by atoms with E-state index in [1.54, 1.807) is 17.4 Å². The smallest absolute Gasteiger partial charge is 0.131 e. The van der Waals surface area contributed by atoms with Crippen molar-refractivity contribution in [1.82, 2.24) is 4.98 Å². The zero-order valence-corrected chi connectivity index (χ0v) is 13.6. The molecule has 0 saturated heterocycles. The van der Waals surface area contributed by atoms with Gasteiger partial charge >= 0.3 is 0 Å². The van der Waals surface area contributed by atoms with Crippen molar-refractivity contribution in [3.8, 4) is 22.8 Å². The Bertz CT molecular complexity index is 854. The van der Waals surface area contributed by atoms with Crippen LogP contribution in [0.3, 0.4) is 0 Å². The van der Waals surface area contributed by atoms with Gasteiger partial charge in [0.05, 0.1) is 10.7 Å². The molecule has 0 fully saturated rings. The summed E-state index contributed by atoms with van der Waals surface area (Å²) in [5.41, 5.74) is 3.90. The molecule has 2 aromatic carbocycles. The first-order chi connectivity index (χ1) is 11.2. The zero-order valence-electron chi connectivity index (χ0n) is 12.8. The fraction of sp³-hybridized carbons (Fsp3) is 0.211. The number of benzene rings is 2. The maximum absolute atomic E-state index is 13.8. The fourth-order valence-electron chi connectivity index (χ4n) is 3.04. The van der Waals surface area contributed by atoms with Crippen LogP contribution >= 0.6 is 11.3 Å². The standard InChI is InChI=1S/C19H16FNOS/c1-12-21-18(11-23-12)13-5-7-14(8-6-13)22-19-10-9-17(20)15-3-2-4-16(15)19/h5-11H,2-4H2,1H3. The number of hydrogen-bond donors (Lipinski definition) is 0. The molecular formula is C19H16FNOS. The van der Waals surface area contributed by atoms with Crippen LogP contribution in [0.25, 0.3) is 11.3 Å². The predicted molar refractivity (Wildman–Crippen MR) is 90.8 cm³/mol. The Kier molecular flexibility index (Phi) is 3.62. The summed E-state index contributed by atoms with van der Waals surface area (Å²) in [5.74, 6) is 1.43. The van der Waals surface area contributed by atoms with Crippen LogP contribution in [0.4, 0.5) is 4.39 Å². The van der Waals surface area contributed by atoms with Gasteiger partial charge in [-0.05, 0) is 68.1 Å². The Labute approximate surface area is 138 Å². The maximum atomic E-state index is 13.8. The van der Waals surface area contributed by atoms with Crippen molar-refractivity contribution in [2.45, 2.75) is 26.2 Å². The van der Waals surface area contributed by atoms with Gasteiger partial charge in [-0.2, -0.15) is 0 Å². The quantitative estimate of drug-likeness (QED) is 0.631. The predicted octanol–water partition coefficient (Wildman–Crippen LogP) is 5.54. The van der Waals surface area contributed by atoms with Crippen molar-refractivity contribution < 1.29 is 9.13 Å². The van der Waals surface area contributed by atoms with Crippen molar-refractivity contribution in [3.63, 3.8) is 0 Å². The van der Waals surface area contributed by atoms with Gasteiger partial charge in [-0.25, -0.2) is 9.37 Å². The van der Waals surface area contributed by atoms with Gasteiger partial charge in [0.1, 0.15) is 17.3 Å². The van der Waals surface area contributed by atoms with E-state index in [-0.39, 0.29) is 5.82 Å². The third-order valence-corrected chi connectivity index (χ3v) is 4.95. The Balaban J connectivity index is 1.59. The fourth-order valence-corrected chi connectivity index (χ4v) is 3.66. The van der Waals surface area contributed by atoms with Gasteiger partial charge in [0.15, 0.2) is 0 Å². The highest BCUT2D eigenvalue weighted by Crippen LogP contribution is 2.35. The minimum atomic E-state index is -0.112. The third kappa shape index (κ3) is 2.75. The van der Waals surface area contributed by atoms with Crippen LogP contribution in [-0.2, 0) is 12.8 Å². The topological polar surface area (TPSA) is 22.1 Å². The maximum Gasteiger partial charge on any atom is 0.131 e. The number of thiazole rings is 1. The van der Waals surface area contributed by atoms with E-state index >= 15 is 0 Å². The number of aromatic nitrogens is 1. The van der Waals surface area contributed by atoms with E-state index in [1.165, 1.54) is 6.07 Å². The molecule has 0 spiro atoms. The van der Waals surface area contributed by atoms with E-state index in [4.69, 9.17) is 4.74 Å². The molecule has 4 heteroatoms. The first kappa shape index (κ1) is 14.4. The summed E-state index contributed by atoms with van der Waals surface area (Å²) in [6, 6.07) is 11.1. The molecule has 0 amide bonds. The summed E-state index contributed by atoms with van der Waals surface area (Å²) in [6.45, 7) is 2.00. The summed E-state index contributed by atoms with van der Waals surface area (Å²) in [5, 5.41) is 3.11. The molecule has 0 saturated carbocycles. The lowest BCUT2D eigenvalue weighted by atomic mass is 10.1. The average molecular weight is 325 g/mol. The highest BCUT2D eigenvalue weighted by atomic mass is 32.1. The van der Waals surface area contributed by atoms with E-state index in [2.05, 4.69) is 10.4 Å². The molecule has 0 N–H and O–H groups in total. The number of halogens is 1. The summed E-state index contributed by atoms with van der Waals surface area (Å²) in [4.78, 5) is 4.49. The molecule has 0 atom stereocenters. The molecule has 0 unspecified atom stereocenters. The van der Waals surface area contributed by atoms with E-state index in [0.717, 1.165) is 58.2 Å². The van der Waals surface area contributed by atoms with E-state index in [0.29, 0.717) is 0 Å². The SMILES string of the molecule is Cc1nc(-c2ccc(Oc3ccc(F)c4c3CCC4)cc2)cs1. The van der Waals surface area contributed by atoms with Crippen molar-refractivity contribution in [2.24, 2.45) is 0 Å². The number of ether oxygens (including phenoxy) is 1. The Morgan fingerprint density at radius 1 is 1.04 bits per heavy atom. The molecule has 0 aliphatic heterocycles. The molecular weight excluding hydrogens is 309 g/mol. The van der Waals surface area contributed by atoms with Gasteiger partial charge in [-0.1, -0.05) is 0 Å². The highest BCUT2D eigenvalue weighted by Gasteiger charge is 2.20. The summed E-state index contributed by atoms with van der Waals surface area (Å²) in [6.07, 6.45) is 2.69. The third-order valence-electron chi connectivity index (χ3n) is 4.18. The highest BCUT2D eigenvalue weighted by molar-refractivity contribution is 7.09. The van der Waals surface area contributed by atoms with Crippen LogP contribution < -0.4 is 4.74 Å². The van der Waals surface area contributed by atoms with Gasteiger partial charge in [0.25, 0.3) is 0 Å². The van der Waals surface area contributed by atoms with Crippen molar-refractivity contribution in [2.75, 3.05) is 0 Å². The Morgan fingerprint density at radius 2 is 1.83 bits per heavy atom. The lowest BCUT2D eigenvalue weighted by molar-refractivity contribution is 0.474. The molecule has 4 rings (SSSR count). The van der Waals surface area contributed by atoms with Crippen molar-refractivity contribution in [3.05, 3.63) is 63.7 Å². The van der Waals surface area contributed by atoms with Crippen LogP contribution in [0, 0.1) is 12.7 Å². The molecule has 2 nitrogen and oxygen atoms in total. The number of rotatable bonds is 3. The molecule has 1 aliphatic carbocycles. The summed E-state index contributed by atoms with van der Waals surface area (Å²) < 4.78 is 19.8. The second-order valence-corrected chi connectivity index (χ2v) is 6.80. The largest absolute Gasteiger partial charge is 0.457 e. The van der Waals surface area contributed by atoms with Crippen molar-refractivity contribution in [1.29, 1.82) is 0 Å². The van der Waals surface area contributed by atoms with Crippen LogP contribution in [0.2, 0.25) is 0 Å². The van der Waals surface area contributed by atoms with Gasteiger partial charge in [-0.15, -0.1) is 11.3 Å². The second kappa shape index (κ2) is 5.78. The monoisotopic (exact) mass is 325 g/mol. The molecule has 1 aliphatic rings. The zero-order chi connectivity index (χ0) is 15.8. The lowest BCUT2D eigenvalue weighted by Crippen LogP contribution is -1.94. The van der Waals surface area contributed by atoms with Gasteiger partial charge in [0, 0.05) is 16.5 Å². The van der Waals surface area contributed by atoms with Crippen LogP contribution in [-0.4, -0.2) is 4.98 Å². The van der Waals surface area contributed by atoms with Gasteiger partial charge in [0.2, 0.25) is 0 Å². The second-order valence-electron chi connectivity index (χ2n) is 5.73. The Hall–Kier alpha value is -2.20. The number of hydrogen-bond acceptors (Lipinski definition) is 3. The van der Waals surface area contributed by atoms with Crippen LogP contribution in [0.15, 0.2) is 41.8 Å². The molecule has 0 bridgehead atoms. The molecule has 3 aromatic rings. The summed E-state index contributed by atoms with van der Waals surface area (Å²) in [7, 11) is 0. The van der Waals surface area contributed by atoms with E-state index in [9.17, 15) is 4.39 Å². The van der Waals surface area contributed by atoms with E-state index in [1.807, 2.05) is 31.2 Å². The molecule has 1 aromatic heterocycles. The molecule has 0 radical (unpaired) electrons. The van der Waals surface area contributed by atoms with Gasteiger partial charge < -0.3 is 4.74 Å². The average Bonchev–Trinajstić information content (AvgIpc) is 3.20. The van der Waals surface area contributed by atoms with Gasteiger partial charge in [-0.3, -0.25) is 0 Å². The minimum absolute atomic E-state index is 0.112. The van der Waals surface area contributed by atoms with Crippen LogP contribution in [0.1, 0.15) is 22.6 Å². The summed E-state index contributed by atoms with van der Waals surface area (Å²) >= 11 is 1.64. The number of nitrogens with zero attached hydrogens (tertiary/aromatic N) is 1. The first-order valence-corrected chi connectivity index (χ1v) is 8.59. The van der Waals surface area contributed by atoms with E-state index < -0.39 is 0 Å². The number of aryl methyl sites for hydroxylation is 1. The lowest BCUT2D eigenvalue weighted by Gasteiger charge is -2.11. The normalized spacial score (nSPS) is 13.1. The van der Waals surface area contributed by atoms with Crippen LogP contribution in [0.5, 0.6) is 11.5 Å². The first-order valence-electron chi connectivity index (χ1n) is 7.71. The Morgan fingerprint density at radius 3 is 2.57 bits per heavy atom. The molecule has 116 valence electrons. The number of fused-ring (bicyclic) bond motifs is 1. The van der Waals surface area contributed by atoms with Crippen molar-refractivity contribution >= 4 is 11.3 Å².